The van der Waals surface area contributed by atoms with E-state index in [0.717, 1.165) is 14.7 Å². The zero-order valence-electron chi connectivity index (χ0n) is 20.2. The maximum atomic E-state index is 13.3. The van der Waals surface area contributed by atoms with Gasteiger partial charge in [-0.05, 0) is 49.2 Å². The Hall–Kier alpha value is -3.92. The van der Waals surface area contributed by atoms with Gasteiger partial charge in [0.2, 0.25) is 0 Å². The van der Waals surface area contributed by atoms with Gasteiger partial charge in [0.25, 0.3) is 0 Å². The van der Waals surface area contributed by atoms with Gasteiger partial charge in [0.05, 0.1) is 30.0 Å². The molecule has 2 aromatic heterocycles. The van der Waals surface area contributed by atoms with Crippen molar-refractivity contribution in [2.24, 2.45) is 0 Å². The summed E-state index contributed by atoms with van der Waals surface area (Å²) in [6, 6.07) is 13.2. The van der Waals surface area contributed by atoms with E-state index in [1.54, 1.807) is 18.2 Å². The molecule has 13 heteroatoms. The van der Waals surface area contributed by atoms with Crippen molar-refractivity contribution in [1.29, 1.82) is 5.26 Å². The number of alkyl halides is 3. The van der Waals surface area contributed by atoms with Gasteiger partial charge in [0, 0.05) is 11.2 Å². The number of aromatic nitrogens is 5. The van der Waals surface area contributed by atoms with Gasteiger partial charge in [-0.15, -0.1) is 5.10 Å². The van der Waals surface area contributed by atoms with Crippen LogP contribution in [-0.4, -0.2) is 46.4 Å². The number of nitriles is 1. The first-order valence-electron chi connectivity index (χ1n) is 11.3. The van der Waals surface area contributed by atoms with E-state index in [4.69, 9.17) is 11.6 Å². The molecule has 2 aromatic carbocycles. The number of benzene rings is 2. The average molecular weight is 547 g/mol. The Morgan fingerprint density at radius 1 is 1.16 bits per heavy atom. The smallest absolute Gasteiger partial charge is 0.385 e. The Bertz CT molecular complexity index is 1570. The molecular formula is C25H22ClF3N6O3. The fourth-order valence-electron chi connectivity index (χ4n) is 3.85. The second-order valence-corrected chi connectivity index (χ2v) is 9.14. The lowest BCUT2D eigenvalue weighted by Crippen LogP contribution is -2.37. The molecule has 198 valence electrons. The van der Waals surface area contributed by atoms with Crippen LogP contribution in [0.1, 0.15) is 35.8 Å². The van der Waals surface area contributed by atoms with Crippen LogP contribution in [0.3, 0.4) is 0 Å². The molecular weight excluding hydrogens is 525 g/mol. The molecule has 38 heavy (non-hydrogen) atoms. The predicted octanol–water partition coefficient (Wildman–Crippen LogP) is 3.76. The van der Waals surface area contributed by atoms with Crippen LogP contribution in [0, 0.1) is 18.3 Å². The van der Waals surface area contributed by atoms with Gasteiger partial charge >= 0.3 is 11.9 Å². The third-order valence-electron chi connectivity index (χ3n) is 5.80. The predicted molar refractivity (Wildman–Crippen MR) is 132 cm³/mol. The molecule has 0 aliphatic heterocycles. The van der Waals surface area contributed by atoms with Crippen LogP contribution in [0.4, 0.5) is 13.2 Å². The number of hydrogen-bond acceptors (Lipinski definition) is 6. The van der Waals surface area contributed by atoms with Crippen LogP contribution in [0.5, 0.6) is 0 Å². The molecule has 0 saturated carbocycles. The Kier molecular flexibility index (Phi) is 7.46. The van der Waals surface area contributed by atoms with Crippen LogP contribution < -0.4 is 5.69 Å². The summed E-state index contributed by atoms with van der Waals surface area (Å²) in [7, 11) is 0. The fourth-order valence-corrected chi connectivity index (χ4v) is 3.97. The molecule has 0 amide bonds. The highest BCUT2D eigenvalue weighted by Crippen LogP contribution is 2.26. The Morgan fingerprint density at radius 2 is 1.84 bits per heavy atom. The molecule has 0 saturated heterocycles. The van der Waals surface area contributed by atoms with E-state index >= 15 is 0 Å². The van der Waals surface area contributed by atoms with Gasteiger partial charge in [-0.2, -0.15) is 18.4 Å². The van der Waals surface area contributed by atoms with Crippen LogP contribution in [0.2, 0.25) is 5.02 Å². The minimum absolute atomic E-state index is 0.0308. The van der Waals surface area contributed by atoms with Crippen LogP contribution in [0.15, 0.2) is 53.5 Å². The summed E-state index contributed by atoms with van der Waals surface area (Å²) in [5.41, 5.74) is 1.12. The Morgan fingerprint density at radius 3 is 2.45 bits per heavy atom. The molecule has 2 N–H and O–H groups in total. The summed E-state index contributed by atoms with van der Waals surface area (Å²) in [4.78, 5) is 17.7. The summed E-state index contributed by atoms with van der Waals surface area (Å²) in [5, 5.41) is 34.1. The lowest BCUT2D eigenvalue weighted by atomic mass is 10.1. The highest BCUT2D eigenvalue weighted by molar-refractivity contribution is 6.30. The number of rotatable bonds is 7. The first-order chi connectivity index (χ1) is 17.9. The number of imidazole rings is 1. The molecule has 2 heterocycles. The van der Waals surface area contributed by atoms with E-state index in [9.17, 15) is 33.4 Å². The van der Waals surface area contributed by atoms with Gasteiger partial charge in [-0.25, -0.2) is 14.5 Å². The van der Waals surface area contributed by atoms with Crippen molar-refractivity contribution in [3.8, 4) is 23.0 Å². The molecule has 9 nitrogen and oxygen atoms in total. The van der Waals surface area contributed by atoms with Crippen molar-refractivity contribution < 1.29 is 23.4 Å². The normalized spacial score (nSPS) is 13.3. The van der Waals surface area contributed by atoms with E-state index in [0.29, 0.717) is 16.3 Å². The third kappa shape index (κ3) is 5.50. The molecule has 0 radical (unpaired) electrons. The first kappa shape index (κ1) is 27.1. The molecule has 4 rings (SSSR count). The minimum Gasteiger partial charge on any atom is -0.385 e. The van der Waals surface area contributed by atoms with Gasteiger partial charge in [-0.3, -0.25) is 9.13 Å². The molecule has 0 aliphatic rings. The van der Waals surface area contributed by atoms with Gasteiger partial charge in [0.1, 0.15) is 12.2 Å². The molecule has 0 unspecified atom stereocenters. The maximum Gasteiger partial charge on any atom is 0.416 e. The van der Waals surface area contributed by atoms with Crippen molar-refractivity contribution >= 4 is 11.6 Å². The van der Waals surface area contributed by atoms with E-state index in [2.05, 4.69) is 16.2 Å². The van der Waals surface area contributed by atoms with E-state index in [1.807, 2.05) is 6.92 Å². The molecule has 0 fully saturated rings. The number of hydrogen-bond donors (Lipinski definition) is 2. The minimum atomic E-state index is -4.94. The topological polar surface area (TPSA) is 122 Å². The molecule has 0 spiro atoms. The second-order valence-electron chi connectivity index (χ2n) is 8.71. The number of aliphatic hydroxyl groups is 2. The molecule has 4 aromatic rings. The summed E-state index contributed by atoms with van der Waals surface area (Å²) in [6.45, 7) is 1.97. The summed E-state index contributed by atoms with van der Waals surface area (Å²) >= 11 is 5.94. The van der Waals surface area contributed by atoms with Crippen molar-refractivity contribution in [3.63, 3.8) is 0 Å². The Labute approximate surface area is 219 Å². The summed E-state index contributed by atoms with van der Waals surface area (Å²) < 4.78 is 42.8. The highest BCUT2D eigenvalue weighted by Gasteiger charge is 2.39. The van der Waals surface area contributed by atoms with Crippen molar-refractivity contribution in [3.05, 3.63) is 86.9 Å². The summed E-state index contributed by atoms with van der Waals surface area (Å²) in [5.74, 6) is 0.185. The van der Waals surface area contributed by atoms with Gasteiger partial charge < -0.3 is 10.2 Å². The third-order valence-corrected chi connectivity index (χ3v) is 6.05. The molecule has 2 atom stereocenters. The summed E-state index contributed by atoms with van der Waals surface area (Å²) in [6.07, 6.45) is -7.45. The first-order valence-corrected chi connectivity index (χ1v) is 11.7. The number of nitrogens with zero attached hydrogens (tertiary/aromatic N) is 6. The number of aryl methyl sites for hydroxylation is 1. The molecule has 0 bridgehead atoms. The average Bonchev–Trinajstić information content (AvgIpc) is 3.41. The van der Waals surface area contributed by atoms with Crippen molar-refractivity contribution in [1.82, 2.24) is 23.9 Å². The second kappa shape index (κ2) is 10.4. The number of halogens is 4. The zero-order chi connectivity index (χ0) is 27.8. The quantitative estimate of drug-likeness (QED) is 0.364. The van der Waals surface area contributed by atoms with Gasteiger partial charge in [-0.1, -0.05) is 29.8 Å². The Balaban J connectivity index is 1.86. The van der Waals surface area contributed by atoms with Crippen LogP contribution >= 0.6 is 11.6 Å². The monoisotopic (exact) mass is 546 g/mol. The van der Waals surface area contributed by atoms with Gasteiger partial charge in [0.15, 0.2) is 17.8 Å². The van der Waals surface area contributed by atoms with Crippen LogP contribution in [0.25, 0.3) is 16.9 Å². The largest absolute Gasteiger partial charge is 0.416 e. The SMILES string of the molecule is Cc1ccc(C#N)c(-n2nc([C@H](C)O)nc2Cn2cc(-c3ccc(Cl)cc3)n(C[C@H](O)C(F)(F)F)c2=O)c1. The number of aliphatic hydroxyl groups excluding tert-OH is 2. The van der Waals surface area contributed by atoms with Crippen molar-refractivity contribution in [2.45, 2.75) is 45.3 Å². The zero-order valence-corrected chi connectivity index (χ0v) is 20.9. The standard InChI is InChI=1S/C25H22ClF3N6O3/c1-14-3-4-17(10-30)19(9-14)35-22(31-23(32-35)15(2)36)13-33-11-20(16-5-7-18(26)8-6-16)34(24(33)38)12-21(37)25(27,28)29/h3-9,11,15,21,36-37H,12-13H2,1-2H3/t15-,21-/m0/s1. The lowest BCUT2D eigenvalue weighted by molar-refractivity contribution is -0.207. The van der Waals surface area contributed by atoms with Crippen LogP contribution in [-0.2, 0) is 13.1 Å². The lowest BCUT2D eigenvalue weighted by Gasteiger charge is -2.16. The van der Waals surface area contributed by atoms with E-state index in [1.165, 1.54) is 42.1 Å². The fraction of sp³-hybridized carbons (Fsp3) is 0.280. The maximum absolute atomic E-state index is 13.3. The van der Waals surface area contributed by atoms with E-state index in [-0.39, 0.29) is 29.5 Å². The molecule has 0 aliphatic carbocycles. The van der Waals surface area contributed by atoms with E-state index < -0.39 is 30.6 Å². The highest BCUT2D eigenvalue weighted by atomic mass is 35.5. The van der Waals surface area contributed by atoms with Crippen molar-refractivity contribution in [2.75, 3.05) is 0 Å².